The summed E-state index contributed by atoms with van der Waals surface area (Å²) in [4.78, 5) is 23.8. The lowest BCUT2D eigenvalue weighted by Crippen LogP contribution is -2.14. The molecule has 1 aliphatic heterocycles. The van der Waals surface area contributed by atoms with Crippen LogP contribution in [0, 0.1) is 0 Å². The van der Waals surface area contributed by atoms with Crippen LogP contribution in [0.25, 0.3) is 0 Å². The minimum Gasteiger partial charge on any atom is -0.494 e. The number of hydrogen-bond donors (Lipinski definition) is 0. The molecule has 0 bridgehead atoms. The molecule has 1 aliphatic rings. The van der Waals surface area contributed by atoms with Gasteiger partial charge in [-0.1, -0.05) is 0 Å². The Kier molecular flexibility index (Phi) is 11.6. The van der Waals surface area contributed by atoms with Crippen molar-refractivity contribution in [2.75, 3.05) is 40.6 Å². The zero-order valence-corrected chi connectivity index (χ0v) is 17.3. The summed E-state index contributed by atoms with van der Waals surface area (Å²) in [5.74, 6) is -0.0213. The number of allylic oxidation sites excluding steroid dienone is 2. The highest BCUT2D eigenvalue weighted by Crippen LogP contribution is 2.15. The molecule has 0 saturated carbocycles. The highest BCUT2D eigenvalue weighted by Gasteiger charge is 2.18. The van der Waals surface area contributed by atoms with Crippen LogP contribution in [0.2, 0.25) is 0 Å². The molecule has 1 heterocycles. The van der Waals surface area contributed by atoms with Gasteiger partial charge in [-0.15, -0.1) is 0 Å². The molecular formula is C20H32O8. The lowest BCUT2D eigenvalue weighted by molar-refractivity contribution is -0.141. The Hall–Kier alpha value is -2.38. The van der Waals surface area contributed by atoms with Crippen LogP contribution in [-0.4, -0.2) is 52.6 Å². The third kappa shape index (κ3) is 8.54. The lowest BCUT2D eigenvalue weighted by Gasteiger charge is -2.15. The predicted molar refractivity (Wildman–Crippen MR) is 101 cm³/mol. The molecule has 0 aromatic carbocycles. The van der Waals surface area contributed by atoms with Crippen molar-refractivity contribution in [2.45, 2.75) is 52.4 Å². The largest absolute Gasteiger partial charge is 0.494 e. The van der Waals surface area contributed by atoms with Gasteiger partial charge in [0.25, 0.3) is 0 Å². The lowest BCUT2D eigenvalue weighted by atomic mass is 10.2. The van der Waals surface area contributed by atoms with E-state index in [0.717, 1.165) is 38.5 Å². The van der Waals surface area contributed by atoms with Crippen LogP contribution in [0.1, 0.15) is 52.4 Å². The first kappa shape index (κ1) is 23.7. The van der Waals surface area contributed by atoms with Gasteiger partial charge < -0.3 is 28.4 Å². The first-order chi connectivity index (χ1) is 13.5. The normalized spacial score (nSPS) is 23.6. The Bertz CT molecular complexity index is 515. The van der Waals surface area contributed by atoms with Crippen LogP contribution < -0.4 is 0 Å². The molecule has 1 rings (SSSR count). The topological polar surface area (TPSA) is 89.5 Å². The van der Waals surface area contributed by atoms with Crippen LogP contribution in [0.4, 0.5) is 0 Å². The van der Waals surface area contributed by atoms with Gasteiger partial charge in [0.1, 0.15) is 11.5 Å². The van der Waals surface area contributed by atoms with Crippen molar-refractivity contribution in [1.82, 2.24) is 0 Å². The van der Waals surface area contributed by atoms with Crippen LogP contribution in [0.3, 0.4) is 0 Å². The first-order valence-electron chi connectivity index (χ1n) is 9.60. The molecule has 8 nitrogen and oxygen atoms in total. The average molecular weight is 400 g/mol. The van der Waals surface area contributed by atoms with E-state index in [4.69, 9.17) is 28.4 Å². The second kappa shape index (κ2) is 13.7. The van der Waals surface area contributed by atoms with Gasteiger partial charge in [0.15, 0.2) is 0 Å². The van der Waals surface area contributed by atoms with Gasteiger partial charge in [-0.3, -0.25) is 0 Å². The highest BCUT2D eigenvalue weighted by molar-refractivity contribution is 5.87. The van der Waals surface area contributed by atoms with Crippen molar-refractivity contribution in [3.63, 3.8) is 0 Å². The zero-order valence-electron chi connectivity index (χ0n) is 17.3. The van der Waals surface area contributed by atoms with Crippen LogP contribution >= 0.6 is 0 Å². The molecule has 0 spiro atoms. The number of carbonyl (C=O) groups is 2. The molecule has 0 aromatic heterocycles. The molecule has 28 heavy (non-hydrogen) atoms. The quantitative estimate of drug-likeness (QED) is 0.653. The summed E-state index contributed by atoms with van der Waals surface area (Å²) in [5, 5.41) is 0. The summed E-state index contributed by atoms with van der Waals surface area (Å²) in [5.41, 5.74) is 0. The average Bonchev–Trinajstić information content (AvgIpc) is 2.70. The summed E-state index contributed by atoms with van der Waals surface area (Å²) in [6.07, 6.45) is 4.66. The second-order valence-electron chi connectivity index (χ2n) is 6.27. The van der Waals surface area contributed by atoms with Gasteiger partial charge in [0.2, 0.25) is 11.5 Å². The van der Waals surface area contributed by atoms with Gasteiger partial charge in [-0.05, 0) is 52.4 Å². The van der Waals surface area contributed by atoms with E-state index in [-0.39, 0.29) is 11.5 Å². The molecule has 0 saturated heterocycles. The molecule has 0 amide bonds. The second-order valence-corrected chi connectivity index (χ2v) is 6.27. The van der Waals surface area contributed by atoms with E-state index in [1.54, 1.807) is 13.8 Å². The maximum atomic E-state index is 11.9. The highest BCUT2D eigenvalue weighted by atomic mass is 16.6. The number of esters is 2. The van der Waals surface area contributed by atoms with E-state index in [1.807, 2.05) is 0 Å². The Morgan fingerprint density at radius 2 is 0.929 bits per heavy atom. The zero-order chi connectivity index (χ0) is 20.8. The number of carbonyl (C=O) groups excluding carboxylic acids is 2. The van der Waals surface area contributed by atoms with E-state index in [1.165, 1.54) is 14.2 Å². The van der Waals surface area contributed by atoms with Crippen molar-refractivity contribution in [2.24, 2.45) is 0 Å². The third-order valence-electron chi connectivity index (χ3n) is 4.09. The van der Waals surface area contributed by atoms with E-state index in [2.05, 4.69) is 0 Å². The molecule has 160 valence electrons. The minimum atomic E-state index is -0.542. The van der Waals surface area contributed by atoms with E-state index < -0.39 is 11.9 Å². The third-order valence-corrected chi connectivity index (χ3v) is 4.09. The van der Waals surface area contributed by atoms with Gasteiger partial charge in [-0.2, -0.15) is 0 Å². The SMILES string of the molecule is COC(=O)/C1=C(\C)OCCCCCO/C(C(=O)OC)=C(/C)OCCCCCO1. The summed E-state index contributed by atoms with van der Waals surface area (Å²) in [7, 11) is 2.63. The van der Waals surface area contributed by atoms with Crippen molar-refractivity contribution in [3.8, 4) is 0 Å². The Labute approximate surface area is 166 Å². The summed E-state index contributed by atoms with van der Waals surface area (Å²) in [6, 6.07) is 0. The molecule has 0 atom stereocenters. The van der Waals surface area contributed by atoms with Crippen molar-refractivity contribution >= 4 is 11.9 Å². The molecule has 0 N–H and O–H groups in total. The van der Waals surface area contributed by atoms with Gasteiger partial charge in [0, 0.05) is 0 Å². The Morgan fingerprint density at radius 1 is 0.607 bits per heavy atom. The molecule has 0 fully saturated rings. The van der Waals surface area contributed by atoms with Crippen LogP contribution in [-0.2, 0) is 38.0 Å². The molecular weight excluding hydrogens is 368 g/mol. The monoisotopic (exact) mass is 400 g/mol. The fourth-order valence-electron chi connectivity index (χ4n) is 2.49. The van der Waals surface area contributed by atoms with Gasteiger partial charge >= 0.3 is 11.9 Å². The van der Waals surface area contributed by atoms with Crippen molar-refractivity contribution in [3.05, 3.63) is 23.0 Å². The molecule has 0 radical (unpaired) electrons. The van der Waals surface area contributed by atoms with Crippen molar-refractivity contribution < 1.29 is 38.0 Å². The maximum Gasteiger partial charge on any atom is 0.376 e. The number of rotatable bonds is 2. The summed E-state index contributed by atoms with van der Waals surface area (Å²) >= 11 is 0. The summed E-state index contributed by atoms with van der Waals surface area (Å²) < 4.78 is 32.0. The van der Waals surface area contributed by atoms with E-state index in [0.29, 0.717) is 37.9 Å². The van der Waals surface area contributed by atoms with E-state index >= 15 is 0 Å². The fraction of sp³-hybridized carbons (Fsp3) is 0.700. The van der Waals surface area contributed by atoms with Crippen LogP contribution in [0.15, 0.2) is 23.0 Å². The number of methoxy groups -OCH3 is 2. The van der Waals surface area contributed by atoms with Gasteiger partial charge in [0.05, 0.1) is 40.6 Å². The van der Waals surface area contributed by atoms with Crippen LogP contribution in [0.5, 0.6) is 0 Å². The number of ether oxygens (including phenoxy) is 6. The molecule has 0 aromatic rings. The molecule has 8 heteroatoms. The van der Waals surface area contributed by atoms with Gasteiger partial charge in [-0.25, -0.2) is 9.59 Å². The standard InChI is InChI=1S/C20H32O8/c1-15-17(19(21)23-3)27-13-9-6-8-12-26-16(2)18(20(22)24-4)28-14-10-5-7-11-25-15/h5-14H2,1-4H3/b17-15-,18-16-. The van der Waals surface area contributed by atoms with E-state index in [9.17, 15) is 9.59 Å². The molecule has 0 unspecified atom stereocenters. The fourth-order valence-corrected chi connectivity index (χ4v) is 2.49. The minimum absolute atomic E-state index is 0.115. The first-order valence-corrected chi connectivity index (χ1v) is 9.60. The van der Waals surface area contributed by atoms with Crippen molar-refractivity contribution in [1.29, 1.82) is 0 Å². The molecule has 0 aliphatic carbocycles. The Morgan fingerprint density at radius 3 is 1.25 bits per heavy atom. The smallest absolute Gasteiger partial charge is 0.376 e. The number of hydrogen-bond acceptors (Lipinski definition) is 8. The Balaban J connectivity index is 2.72. The maximum absolute atomic E-state index is 11.9. The predicted octanol–water partition coefficient (Wildman–Crippen LogP) is 3.22. The summed E-state index contributed by atoms with van der Waals surface area (Å²) in [6.45, 7) is 5.01.